The molecule has 3 aromatic heterocycles. The number of hydrogen-bond acceptors (Lipinski definition) is 7. The third-order valence-electron chi connectivity index (χ3n) is 3.50. The van der Waals surface area contributed by atoms with Gasteiger partial charge in [-0.15, -0.1) is 0 Å². The van der Waals surface area contributed by atoms with Gasteiger partial charge in [-0.2, -0.15) is 0 Å². The quantitative estimate of drug-likeness (QED) is 0.686. The summed E-state index contributed by atoms with van der Waals surface area (Å²) in [6, 6.07) is 6.82. The molecule has 0 bridgehead atoms. The summed E-state index contributed by atoms with van der Waals surface area (Å²) in [4.78, 5) is 28.0. The second-order valence-corrected chi connectivity index (χ2v) is 5.08. The second kappa shape index (κ2) is 7.08. The zero-order valence-corrected chi connectivity index (χ0v) is 13.8. The van der Waals surface area contributed by atoms with Crippen LogP contribution in [0.4, 0.5) is 5.82 Å². The van der Waals surface area contributed by atoms with Crippen LogP contribution in [0.3, 0.4) is 0 Å². The molecule has 0 radical (unpaired) electrons. The van der Waals surface area contributed by atoms with E-state index in [0.717, 1.165) is 0 Å². The SMILES string of the molecule is CCOC(=O)CNc1c(-c2ccco2)nc2ccc(C(=O)OC)cn12. The normalized spacial score (nSPS) is 10.6. The molecule has 0 amide bonds. The predicted molar refractivity (Wildman–Crippen MR) is 89.4 cm³/mol. The Hall–Kier alpha value is -3.29. The van der Waals surface area contributed by atoms with Gasteiger partial charge in [0.05, 0.1) is 25.5 Å². The zero-order valence-electron chi connectivity index (χ0n) is 13.8. The molecule has 0 aliphatic rings. The van der Waals surface area contributed by atoms with E-state index in [1.54, 1.807) is 41.8 Å². The molecule has 0 saturated heterocycles. The number of anilines is 1. The van der Waals surface area contributed by atoms with Gasteiger partial charge in [-0.3, -0.25) is 9.20 Å². The van der Waals surface area contributed by atoms with Crippen LogP contribution >= 0.6 is 0 Å². The largest absolute Gasteiger partial charge is 0.465 e. The number of carbonyl (C=O) groups excluding carboxylic acids is 2. The Morgan fingerprint density at radius 2 is 2.16 bits per heavy atom. The van der Waals surface area contributed by atoms with Gasteiger partial charge in [0.1, 0.15) is 23.7 Å². The minimum Gasteiger partial charge on any atom is -0.465 e. The molecule has 3 rings (SSSR count). The number of nitrogens with zero attached hydrogens (tertiary/aromatic N) is 2. The van der Waals surface area contributed by atoms with Crippen molar-refractivity contribution in [3.8, 4) is 11.5 Å². The standard InChI is InChI=1S/C17H17N3O5/c1-3-24-14(21)9-18-16-15(12-5-4-8-25-12)19-13-7-6-11(10-20(13)16)17(22)23-2/h4-8,10,18H,3,9H2,1-2H3. The van der Waals surface area contributed by atoms with Crippen LogP contribution in [0.2, 0.25) is 0 Å². The van der Waals surface area contributed by atoms with Crippen molar-refractivity contribution in [3.63, 3.8) is 0 Å². The van der Waals surface area contributed by atoms with E-state index in [-0.39, 0.29) is 6.54 Å². The molecule has 0 spiro atoms. The number of pyridine rings is 1. The third kappa shape index (κ3) is 3.32. The number of carbonyl (C=O) groups is 2. The Kier molecular flexibility index (Phi) is 4.69. The fourth-order valence-corrected chi connectivity index (χ4v) is 2.41. The van der Waals surface area contributed by atoms with Crippen LogP contribution < -0.4 is 5.32 Å². The summed E-state index contributed by atoms with van der Waals surface area (Å²) < 4.78 is 16.8. The van der Waals surface area contributed by atoms with Gasteiger partial charge in [0, 0.05) is 6.20 Å². The number of hydrogen-bond donors (Lipinski definition) is 1. The molecule has 0 unspecified atom stereocenters. The van der Waals surface area contributed by atoms with Crippen molar-refractivity contribution in [3.05, 3.63) is 42.3 Å². The Balaban J connectivity index is 2.06. The molecule has 3 heterocycles. The molecule has 1 N–H and O–H groups in total. The van der Waals surface area contributed by atoms with Gasteiger partial charge in [-0.05, 0) is 31.2 Å². The number of methoxy groups -OCH3 is 1. The monoisotopic (exact) mass is 343 g/mol. The molecule has 8 heteroatoms. The number of nitrogens with one attached hydrogen (secondary N) is 1. The maximum atomic E-state index is 11.8. The first kappa shape index (κ1) is 16.6. The van der Waals surface area contributed by atoms with E-state index < -0.39 is 11.9 Å². The lowest BCUT2D eigenvalue weighted by Gasteiger charge is -2.08. The lowest BCUT2D eigenvalue weighted by atomic mass is 10.3. The molecule has 0 fully saturated rings. The van der Waals surface area contributed by atoms with Crippen LogP contribution in [0.1, 0.15) is 17.3 Å². The van der Waals surface area contributed by atoms with E-state index in [9.17, 15) is 9.59 Å². The number of esters is 2. The van der Waals surface area contributed by atoms with Crippen molar-refractivity contribution in [2.24, 2.45) is 0 Å². The molecule has 0 aromatic carbocycles. The Labute approximate surface area is 143 Å². The Bertz CT molecular complexity index is 899. The summed E-state index contributed by atoms with van der Waals surface area (Å²) in [7, 11) is 1.31. The highest BCUT2D eigenvalue weighted by atomic mass is 16.5. The molecule has 8 nitrogen and oxygen atoms in total. The Morgan fingerprint density at radius 3 is 2.84 bits per heavy atom. The molecule has 3 aromatic rings. The average Bonchev–Trinajstić information content (AvgIpc) is 3.26. The second-order valence-electron chi connectivity index (χ2n) is 5.08. The van der Waals surface area contributed by atoms with E-state index in [2.05, 4.69) is 10.3 Å². The summed E-state index contributed by atoms with van der Waals surface area (Å²) in [5.74, 6) is 0.192. The number of fused-ring (bicyclic) bond motifs is 1. The minimum absolute atomic E-state index is 0.0439. The van der Waals surface area contributed by atoms with Gasteiger partial charge in [0.2, 0.25) is 0 Å². The molecular weight excluding hydrogens is 326 g/mol. The van der Waals surface area contributed by atoms with Gasteiger partial charge >= 0.3 is 11.9 Å². The van der Waals surface area contributed by atoms with Gasteiger partial charge in [0.25, 0.3) is 0 Å². The van der Waals surface area contributed by atoms with Crippen molar-refractivity contribution in [1.29, 1.82) is 0 Å². The van der Waals surface area contributed by atoms with Crippen molar-refractivity contribution >= 4 is 23.4 Å². The van der Waals surface area contributed by atoms with E-state index in [1.807, 2.05) is 0 Å². The molecule has 130 valence electrons. The fraction of sp³-hybridized carbons (Fsp3) is 0.235. The number of aromatic nitrogens is 2. The predicted octanol–water partition coefficient (Wildman–Crippen LogP) is 2.36. The van der Waals surface area contributed by atoms with E-state index >= 15 is 0 Å². The molecule has 0 aliphatic carbocycles. The van der Waals surface area contributed by atoms with Gasteiger partial charge in [-0.25, -0.2) is 9.78 Å². The molecule has 0 saturated carbocycles. The van der Waals surface area contributed by atoms with Crippen LogP contribution in [0.5, 0.6) is 0 Å². The van der Waals surface area contributed by atoms with Crippen LogP contribution in [0, 0.1) is 0 Å². The lowest BCUT2D eigenvalue weighted by Crippen LogP contribution is -2.18. The van der Waals surface area contributed by atoms with E-state index in [1.165, 1.54) is 13.4 Å². The molecule has 0 aliphatic heterocycles. The van der Waals surface area contributed by atoms with Crippen LogP contribution in [-0.4, -0.2) is 41.6 Å². The highest BCUT2D eigenvalue weighted by Crippen LogP contribution is 2.29. The number of imidazole rings is 1. The van der Waals surface area contributed by atoms with E-state index in [4.69, 9.17) is 13.9 Å². The van der Waals surface area contributed by atoms with Crippen LogP contribution in [-0.2, 0) is 14.3 Å². The molecule has 0 atom stereocenters. The topological polar surface area (TPSA) is 95.1 Å². The number of ether oxygens (including phenoxy) is 2. The molecule has 25 heavy (non-hydrogen) atoms. The smallest absolute Gasteiger partial charge is 0.339 e. The summed E-state index contributed by atoms with van der Waals surface area (Å²) in [5, 5.41) is 3.01. The first-order valence-corrected chi connectivity index (χ1v) is 7.67. The third-order valence-corrected chi connectivity index (χ3v) is 3.50. The fourth-order valence-electron chi connectivity index (χ4n) is 2.41. The van der Waals surface area contributed by atoms with Gasteiger partial charge < -0.3 is 19.2 Å². The zero-order chi connectivity index (χ0) is 17.8. The minimum atomic E-state index is -0.466. The summed E-state index contributed by atoms with van der Waals surface area (Å²) in [6.45, 7) is 1.99. The summed E-state index contributed by atoms with van der Waals surface area (Å²) in [5.41, 5.74) is 1.47. The van der Waals surface area contributed by atoms with Gasteiger partial charge in [0.15, 0.2) is 5.76 Å². The lowest BCUT2D eigenvalue weighted by molar-refractivity contribution is -0.140. The van der Waals surface area contributed by atoms with Crippen LogP contribution in [0.15, 0.2) is 41.1 Å². The average molecular weight is 343 g/mol. The van der Waals surface area contributed by atoms with Crippen molar-refractivity contribution in [2.75, 3.05) is 25.6 Å². The number of rotatable bonds is 6. The summed E-state index contributed by atoms with van der Waals surface area (Å²) >= 11 is 0. The molecular formula is C17H17N3O5. The van der Waals surface area contributed by atoms with Gasteiger partial charge in [-0.1, -0.05) is 0 Å². The van der Waals surface area contributed by atoms with Crippen molar-refractivity contribution < 1.29 is 23.5 Å². The van der Waals surface area contributed by atoms with Crippen molar-refractivity contribution in [2.45, 2.75) is 6.92 Å². The highest BCUT2D eigenvalue weighted by molar-refractivity contribution is 5.90. The van der Waals surface area contributed by atoms with E-state index in [0.29, 0.717) is 35.1 Å². The Morgan fingerprint density at radius 1 is 1.32 bits per heavy atom. The maximum absolute atomic E-state index is 11.8. The first-order chi connectivity index (χ1) is 12.1. The highest BCUT2D eigenvalue weighted by Gasteiger charge is 2.18. The summed E-state index contributed by atoms with van der Waals surface area (Å²) in [6.07, 6.45) is 3.13. The van der Waals surface area contributed by atoms with Crippen molar-refractivity contribution in [1.82, 2.24) is 9.38 Å². The van der Waals surface area contributed by atoms with Crippen LogP contribution in [0.25, 0.3) is 17.1 Å². The number of furan rings is 1. The maximum Gasteiger partial charge on any atom is 0.339 e. The first-order valence-electron chi connectivity index (χ1n) is 7.67.